The first-order valence-electron chi connectivity index (χ1n) is 7.93. The Morgan fingerprint density at radius 1 is 1.27 bits per heavy atom. The minimum Gasteiger partial charge on any atom is -0.386 e. The number of aliphatic imine (C=N–C) groups is 1. The number of halogens is 2. The molecule has 1 aromatic heterocycles. The van der Waals surface area contributed by atoms with Crippen LogP contribution in [0.15, 0.2) is 44.4 Å². The van der Waals surface area contributed by atoms with Gasteiger partial charge < -0.3 is 15.8 Å². The van der Waals surface area contributed by atoms with Crippen molar-refractivity contribution in [2.75, 3.05) is 18.5 Å². The summed E-state index contributed by atoms with van der Waals surface area (Å²) in [4.78, 5) is 21.3. The fraction of sp³-hybridized carbons (Fsp3) is 0.278. The van der Waals surface area contributed by atoms with E-state index in [0.29, 0.717) is 30.4 Å². The Morgan fingerprint density at radius 3 is 2.73 bits per heavy atom. The molecule has 0 saturated carbocycles. The van der Waals surface area contributed by atoms with E-state index in [9.17, 15) is 4.79 Å². The Balaban J connectivity index is 1.91. The lowest BCUT2D eigenvalue weighted by Crippen LogP contribution is -2.37. The van der Waals surface area contributed by atoms with Crippen LogP contribution in [0.25, 0.3) is 0 Å². The van der Waals surface area contributed by atoms with Gasteiger partial charge in [-0.15, -0.1) is 0 Å². The number of nitrogens with one attached hydrogen (secondary N) is 1. The lowest BCUT2D eigenvalue weighted by Gasteiger charge is -2.30. The summed E-state index contributed by atoms with van der Waals surface area (Å²) in [5.41, 5.74) is 7.95. The third kappa shape index (κ3) is 4.13. The molecular weight excluding hydrogens is 464 g/mol. The summed E-state index contributed by atoms with van der Waals surface area (Å²) in [7, 11) is 0. The summed E-state index contributed by atoms with van der Waals surface area (Å²) in [6, 6.07) is 7.51. The highest BCUT2D eigenvalue weighted by Gasteiger charge is 2.30. The van der Waals surface area contributed by atoms with Crippen LogP contribution in [0.5, 0.6) is 0 Å². The summed E-state index contributed by atoms with van der Waals surface area (Å²) in [6.07, 6.45) is 1.60. The molecule has 1 aliphatic rings. The lowest BCUT2D eigenvalue weighted by molar-refractivity contribution is 0.102. The average molecular weight is 482 g/mol. The normalized spacial score (nSPS) is 19.8. The molecule has 3 N–H and O–H groups in total. The van der Waals surface area contributed by atoms with E-state index in [1.807, 2.05) is 38.1 Å². The van der Waals surface area contributed by atoms with Gasteiger partial charge in [0.25, 0.3) is 5.91 Å². The van der Waals surface area contributed by atoms with Crippen LogP contribution in [0, 0.1) is 6.92 Å². The third-order valence-corrected chi connectivity index (χ3v) is 4.95. The highest BCUT2D eigenvalue weighted by molar-refractivity contribution is 9.10. The number of pyridine rings is 1. The zero-order valence-corrected chi connectivity index (χ0v) is 17.5. The second-order valence-corrected chi connectivity index (χ2v) is 8.20. The molecule has 0 spiro atoms. The van der Waals surface area contributed by atoms with Gasteiger partial charge in [0.1, 0.15) is 23.7 Å². The largest absolute Gasteiger partial charge is 0.386 e. The quantitative estimate of drug-likeness (QED) is 0.698. The number of carbonyl (C=O) groups excluding carboxylic acids is 1. The molecule has 0 radical (unpaired) electrons. The number of hydrogen-bond donors (Lipinski definition) is 2. The van der Waals surface area contributed by atoms with Gasteiger partial charge in [0.15, 0.2) is 0 Å². The molecule has 3 rings (SSSR count). The smallest absolute Gasteiger partial charge is 0.274 e. The fourth-order valence-corrected chi connectivity index (χ4v) is 3.76. The predicted octanol–water partition coefficient (Wildman–Crippen LogP) is 3.77. The Kier molecular flexibility index (Phi) is 5.45. The molecule has 1 aliphatic heterocycles. The van der Waals surface area contributed by atoms with E-state index in [1.54, 1.807) is 6.20 Å². The monoisotopic (exact) mass is 480 g/mol. The van der Waals surface area contributed by atoms with Crippen molar-refractivity contribution in [3.63, 3.8) is 0 Å². The summed E-state index contributed by atoms with van der Waals surface area (Å²) in [5, 5.41) is 2.90. The predicted molar refractivity (Wildman–Crippen MR) is 109 cm³/mol. The molecular formula is C18H18Br2N4O2. The van der Waals surface area contributed by atoms with E-state index >= 15 is 0 Å². The van der Waals surface area contributed by atoms with Gasteiger partial charge in [-0.2, -0.15) is 0 Å². The van der Waals surface area contributed by atoms with E-state index in [4.69, 9.17) is 10.5 Å². The molecule has 1 aromatic carbocycles. The van der Waals surface area contributed by atoms with Crippen LogP contribution < -0.4 is 11.1 Å². The molecule has 2 aromatic rings. The van der Waals surface area contributed by atoms with Crippen LogP contribution in [0.1, 0.15) is 28.5 Å². The number of aromatic nitrogens is 1. The van der Waals surface area contributed by atoms with Gasteiger partial charge in [0, 0.05) is 20.8 Å². The van der Waals surface area contributed by atoms with Crippen LogP contribution in [-0.2, 0) is 10.3 Å². The molecule has 0 bridgehead atoms. The number of amidine groups is 1. The molecule has 2 heterocycles. The van der Waals surface area contributed by atoms with Crippen LogP contribution in [0.4, 0.5) is 5.69 Å². The van der Waals surface area contributed by atoms with Gasteiger partial charge in [-0.25, -0.2) is 4.98 Å². The Labute approximate surface area is 168 Å². The summed E-state index contributed by atoms with van der Waals surface area (Å²) >= 11 is 6.85. The molecule has 8 heteroatoms. The maximum Gasteiger partial charge on any atom is 0.274 e. The number of nitrogens with zero attached hydrogens (tertiary/aromatic N) is 2. The van der Waals surface area contributed by atoms with Gasteiger partial charge in [-0.1, -0.05) is 15.9 Å². The molecule has 6 nitrogen and oxygen atoms in total. The van der Waals surface area contributed by atoms with E-state index in [2.05, 4.69) is 47.2 Å². The Bertz CT molecular complexity index is 901. The second kappa shape index (κ2) is 7.46. The van der Waals surface area contributed by atoms with Crippen molar-refractivity contribution in [3.8, 4) is 0 Å². The summed E-state index contributed by atoms with van der Waals surface area (Å²) in [5.74, 6) is 0.186. The van der Waals surface area contributed by atoms with Crippen LogP contribution in [-0.4, -0.2) is 29.9 Å². The summed E-state index contributed by atoms with van der Waals surface area (Å²) in [6.45, 7) is 4.55. The first-order chi connectivity index (χ1) is 12.3. The minimum atomic E-state index is -0.600. The van der Waals surface area contributed by atoms with Crippen LogP contribution in [0.2, 0.25) is 0 Å². The molecule has 136 valence electrons. The zero-order valence-electron chi connectivity index (χ0n) is 14.3. The van der Waals surface area contributed by atoms with Crippen molar-refractivity contribution in [1.29, 1.82) is 0 Å². The average Bonchev–Trinajstić information content (AvgIpc) is 2.53. The number of ether oxygens (including phenoxy) is 1. The summed E-state index contributed by atoms with van der Waals surface area (Å²) < 4.78 is 7.19. The number of carbonyl (C=O) groups is 1. The molecule has 26 heavy (non-hydrogen) atoms. The molecule has 1 amide bonds. The van der Waals surface area contributed by atoms with Gasteiger partial charge in [0.2, 0.25) is 0 Å². The molecule has 0 fully saturated rings. The number of benzene rings is 1. The third-order valence-electron chi connectivity index (χ3n) is 4.06. The first-order valence-corrected chi connectivity index (χ1v) is 9.52. The van der Waals surface area contributed by atoms with Crippen molar-refractivity contribution in [2.45, 2.75) is 19.4 Å². The van der Waals surface area contributed by atoms with Crippen molar-refractivity contribution < 1.29 is 9.53 Å². The van der Waals surface area contributed by atoms with Crippen LogP contribution in [0.3, 0.4) is 0 Å². The van der Waals surface area contributed by atoms with Crippen molar-refractivity contribution in [2.24, 2.45) is 10.7 Å². The second-order valence-electron chi connectivity index (χ2n) is 6.37. The maximum absolute atomic E-state index is 12.6. The lowest BCUT2D eigenvalue weighted by atomic mass is 9.92. The van der Waals surface area contributed by atoms with Crippen molar-refractivity contribution >= 4 is 49.3 Å². The van der Waals surface area contributed by atoms with Gasteiger partial charge in [-0.05, 0) is 65.2 Å². The fourth-order valence-electron chi connectivity index (χ4n) is 2.82. The standard InChI is InChI=1S/C18H18Br2N4O2/c1-10-3-13(20)7-22-16(10)17(25)23-14-5-11(4-12(19)6-14)18(2)9-26-8-15(21)24-18/h3-7H,8-9H2,1-2H3,(H2,21,24)(H,23,25). The van der Waals surface area contributed by atoms with Crippen LogP contribution >= 0.6 is 31.9 Å². The van der Waals surface area contributed by atoms with Gasteiger partial charge in [-0.3, -0.25) is 9.79 Å². The first kappa shape index (κ1) is 19.0. The molecule has 1 atom stereocenters. The zero-order chi connectivity index (χ0) is 18.9. The van der Waals surface area contributed by atoms with Crippen molar-refractivity contribution in [3.05, 3.63) is 56.2 Å². The van der Waals surface area contributed by atoms with E-state index in [-0.39, 0.29) is 5.91 Å². The van der Waals surface area contributed by atoms with Gasteiger partial charge in [0.05, 0.1) is 6.61 Å². The molecule has 0 aliphatic carbocycles. The number of amides is 1. The number of hydrogen-bond acceptors (Lipinski definition) is 5. The number of aryl methyl sites for hydroxylation is 1. The molecule has 1 unspecified atom stereocenters. The maximum atomic E-state index is 12.6. The minimum absolute atomic E-state index is 0.271. The number of anilines is 1. The highest BCUT2D eigenvalue weighted by atomic mass is 79.9. The van der Waals surface area contributed by atoms with E-state index < -0.39 is 5.54 Å². The topological polar surface area (TPSA) is 89.6 Å². The van der Waals surface area contributed by atoms with E-state index in [0.717, 1.165) is 20.1 Å². The van der Waals surface area contributed by atoms with Crippen molar-refractivity contribution in [1.82, 2.24) is 4.98 Å². The Hall–Kier alpha value is -1.77. The Morgan fingerprint density at radius 2 is 2.04 bits per heavy atom. The number of rotatable bonds is 3. The number of nitrogens with two attached hydrogens (primary N) is 1. The SMILES string of the molecule is Cc1cc(Br)cnc1C(=O)Nc1cc(Br)cc(C2(C)COCC(N)=N2)c1. The van der Waals surface area contributed by atoms with E-state index in [1.165, 1.54) is 0 Å². The molecule has 0 saturated heterocycles. The highest BCUT2D eigenvalue weighted by Crippen LogP contribution is 2.32. The van der Waals surface area contributed by atoms with Gasteiger partial charge >= 0.3 is 0 Å².